The van der Waals surface area contributed by atoms with E-state index in [1.807, 2.05) is 57.0 Å². The van der Waals surface area contributed by atoms with Crippen LogP contribution >= 0.6 is 0 Å². The van der Waals surface area contributed by atoms with E-state index in [1.165, 1.54) is 5.56 Å². The third-order valence-electron chi connectivity index (χ3n) is 10.8. The molecule has 3 N–H and O–H groups in total. The minimum absolute atomic E-state index is 0.0203. The lowest BCUT2D eigenvalue weighted by molar-refractivity contribution is -0.147. The van der Waals surface area contributed by atoms with Crippen LogP contribution in [0.1, 0.15) is 111 Å². The molecule has 1 aromatic rings. The Bertz CT molecular complexity index is 1150. The van der Waals surface area contributed by atoms with Crippen LogP contribution in [-0.4, -0.2) is 104 Å². The third kappa shape index (κ3) is 10.2. The van der Waals surface area contributed by atoms with Gasteiger partial charge in [-0.25, -0.2) is 0 Å². The van der Waals surface area contributed by atoms with Crippen LogP contribution in [0.2, 0.25) is 0 Å². The number of likely N-dealkylation sites (N-methyl/N-ethyl adjacent to an activating group) is 2. The van der Waals surface area contributed by atoms with Gasteiger partial charge in [-0.05, 0) is 62.1 Å². The van der Waals surface area contributed by atoms with E-state index < -0.39 is 30.3 Å². The first-order valence-electron chi connectivity index (χ1n) is 18.1. The lowest BCUT2D eigenvalue weighted by Gasteiger charge is -2.40. The summed E-state index contributed by atoms with van der Waals surface area (Å²) < 4.78 is 11.9. The Kier molecular flexibility index (Phi) is 17.0. The van der Waals surface area contributed by atoms with Crippen molar-refractivity contribution in [3.8, 4) is 0 Å². The number of nitrogens with zero attached hydrogens (tertiary/aromatic N) is 2. The van der Waals surface area contributed by atoms with Gasteiger partial charge in [0.05, 0.1) is 54.8 Å². The van der Waals surface area contributed by atoms with E-state index in [0.29, 0.717) is 18.9 Å². The van der Waals surface area contributed by atoms with Crippen LogP contribution in [0, 0.1) is 17.8 Å². The molecular formula is C38H66N4O6. The lowest BCUT2D eigenvalue weighted by atomic mass is 9.89. The molecule has 10 nitrogen and oxygen atoms in total. The van der Waals surface area contributed by atoms with Gasteiger partial charge < -0.3 is 35.0 Å². The topological polar surface area (TPSA) is 120 Å². The average molecular weight is 675 g/mol. The van der Waals surface area contributed by atoms with Crippen LogP contribution in [0.5, 0.6) is 0 Å². The van der Waals surface area contributed by atoms with Gasteiger partial charge in [0.2, 0.25) is 17.7 Å². The molecule has 1 aliphatic rings. The van der Waals surface area contributed by atoms with Crippen molar-refractivity contribution in [2.24, 2.45) is 17.8 Å². The number of carbonyl (C=O) groups excluding carboxylic acids is 3. The first-order chi connectivity index (χ1) is 22.7. The molecule has 0 aliphatic carbocycles. The maximum absolute atomic E-state index is 14.0. The Morgan fingerprint density at radius 1 is 0.979 bits per heavy atom. The molecule has 1 aliphatic heterocycles. The molecule has 0 bridgehead atoms. The second-order valence-corrected chi connectivity index (χ2v) is 14.3. The van der Waals surface area contributed by atoms with Crippen LogP contribution < -0.4 is 10.6 Å². The monoisotopic (exact) mass is 674 g/mol. The molecule has 2 rings (SSSR count). The van der Waals surface area contributed by atoms with Crippen molar-refractivity contribution in [3.63, 3.8) is 0 Å². The largest absolute Gasteiger partial charge is 0.386 e. The number of hydrogen-bond acceptors (Lipinski definition) is 7. The summed E-state index contributed by atoms with van der Waals surface area (Å²) >= 11 is 0. The zero-order valence-corrected chi connectivity index (χ0v) is 31.8. The second kappa shape index (κ2) is 19.6. The van der Waals surface area contributed by atoms with E-state index in [-0.39, 0.29) is 54.1 Å². The number of hydrogen-bond donors (Lipinski definition) is 3. The fourth-order valence-electron chi connectivity index (χ4n) is 7.25. The first kappa shape index (κ1) is 41.6. The van der Waals surface area contributed by atoms with Crippen molar-refractivity contribution in [1.82, 2.24) is 20.4 Å². The molecule has 10 atom stereocenters. The molecule has 1 heterocycles. The van der Waals surface area contributed by atoms with Crippen LogP contribution in [0.15, 0.2) is 24.3 Å². The molecule has 0 radical (unpaired) electrons. The van der Waals surface area contributed by atoms with Crippen molar-refractivity contribution in [2.45, 2.75) is 136 Å². The third-order valence-corrected chi connectivity index (χ3v) is 10.8. The van der Waals surface area contributed by atoms with Crippen molar-refractivity contribution >= 4 is 17.7 Å². The van der Waals surface area contributed by atoms with Gasteiger partial charge in [-0.15, -0.1) is 0 Å². The van der Waals surface area contributed by atoms with Gasteiger partial charge in [-0.3, -0.25) is 14.4 Å². The predicted molar refractivity (Wildman–Crippen MR) is 192 cm³/mol. The molecule has 0 aromatic heterocycles. The fraction of sp³-hybridized carbons (Fsp3) is 0.763. The summed E-state index contributed by atoms with van der Waals surface area (Å²) in [7, 11) is 6.78. The number of methoxy groups -OCH3 is 2. The summed E-state index contributed by atoms with van der Waals surface area (Å²) in [5, 5.41) is 17.2. The van der Waals surface area contributed by atoms with Crippen molar-refractivity contribution in [1.29, 1.82) is 0 Å². The molecule has 1 saturated heterocycles. The summed E-state index contributed by atoms with van der Waals surface area (Å²) in [5.41, 5.74) is 1.97. The lowest BCUT2D eigenvalue weighted by Crippen LogP contribution is -2.56. The Labute approximate surface area is 290 Å². The number of ether oxygens (including phenoxy) is 2. The Morgan fingerprint density at radius 3 is 2.08 bits per heavy atom. The number of aliphatic hydroxyl groups is 1. The quantitative estimate of drug-likeness (QED) is 0.191. The molecule has 48 heavy (non-hydrogen) atoms. The van der Waals surface area contributed by atoms with Crippen molar-refractivity contribution in [3.05, 3.63) is 35.4 Å². The summed E-state index contributed by atoms with van der Waals surface area (Å²) in [5.74, 6) is -0.260. The summed E-state index contributed by atoms with van der Waals surface area (Å²) in [6.07, 6.45) is 1.59. The minimum atomic E-state index is -0.865. The number of aliphatic hydroxyl groups excluding tert-OH is 1. The number of rotatable bonds is 19. The Morgan fingerprint density at radius 2 is 1.58 bits per heavy atom. The van der Waals surface area contributed by atoms with E-state index in [9.17, 15) is 19.5 Å². The summed E-state index contributed by atoms with van der Waals surface area (Å²) in [6, 6.07) is 6.48. The fourth-order valence-corrected chi connectivity index (χ4v) is 7.25. The molecule has 1 unspecified atom stereocenters. The van der Waals surface area contributed by atoms with Gasteiger partial charge in [0.25, 0.3) is 0 Å². The van der Waals surface area contributed by atoms with Gasteiger partial charge >= 0.3 is 0 Å². The van der Waals surface area contributed by atoms with E-state index in [1.54, 1.807) is 33.1 Å². The number of benzene rings is 1. The van der Waals surface area contributed by atoms with Gasteiger partial charge in [0, 0.05) is 27.8 Å². The maximum atomic E-state index is 14.0. The van der Waals surface area contributed by atoms with Crippen molar-refractivity contribution < 1.29 is 29.0 Å². The molecule has 1 fully saturated rings. The number of amides is 3. The standard InChI is InChI=1S/C38H66N4O6/c1-13-24(5)28-17-19-29(20-18-28)35(44)27(8)40-37(45)26(7)36(48-12)30-16-15-21-42(30)32(43)22-31(47-11)34(25(6)14-2)41(10)38(46)33(39-9)23(3)4/h17-20,23-27,30-31,33-36,39,44H,13-16,21-22H2,1-12H3,(H,40,45)/t24?,25-,26+,27+,30-,31+,33-,34-,35+,36+/m0/s1. The summed E-state index contributed by atoms with van der Waals surface area (Å²) in [6.45, 7) is 16.7. The molecular weight excluding hydrogens is 608 g/mol. The van der Waals surface area contributed by atoms with Crippen LogP contribution in [0.3, 0.4) is 0 Å². The van der Waals surface area contributed by atoms with Crippen LogP contribution in [-0.2, 0) is 23.9 Å². The van der Waals surface area contributed by atoms with Crippen LogP contribution in [0.25, 0.3) is 0 Å². The van der Waals surface area contributed by atoms with E-state index in [4.69, 9.17) is 9.47 Å². The van der Waals surface area contributed by atoms with E-state index >= 15 is 0 Å². The molecule has 274 valence electrons. The Balaban J connectivity index is 2.17. The molecule has 1 aromatic carbocycles. The molecule has 10 heteroatoms. The average Bonchev–Trinajstić information content (AvgIpc) is 3.56. The zero-order chi connectivity index (χ0) is 36.3. The molecule has 0 spiro atoms. The van der Waals surface area contributed by atoms with E-state index in [2.05, 4.69) is 38.3 Å². The van der Waals surface area contributed by atoms with E-state index in [0.717, 1.165) is 24.8 Å². The highest BCUT2D eigenvalue weighted by Crippen LogP contribution is 2.30. The van der Waals surface area contributed by atoms with Gasteiger partial charge in [0.1, 0.15) is 0 Å². The Hall–Kier alpha value is -2.53. The zero-order valence-electron chi connectivity index (χ0n) is 31.8. The predicted octanol–water partition coefficient (Wildman–Crippen LogP) is 4.90. The van der Waals surface area contributed by atoms with Crippen LogP contribution in [0.4, 0.5) is 0 Å². The smallest absolute Gasteiger partial charge is 0.240 e. The highest BCUT2D eigenvalue weighted by Gasteiger charge is 2.42. The molecule has 3 amide bonds. The number of nitrogens with one attached hydrogen (secondary N) is 2. The van der Waals surface area contributed by atoms with Gasteiger partial charge in [-0.1, -0.05) is 79.2 Å². The maximum Gasteiger partial charge on any atom is 0.240 e. The van der Waals surface area contributed by atoms with Gasteiger partial charge in [-0.2, -0.15) is 0 Å². The normalized spacial score (nSPS) is 20.7. The van der Waals surface area contributed by atoms with Gasteiger partial charge in [0.15, 0.2) is 0 Å². The number of likely N-dealkylation sites (tertiary alicyclic amines) is 1. The highest BCUT2D eigenvalue weighted by molar-refractivity contribution is 5.83. The minimum Gasteiger partial charge on any atom is -0.386 e. The highest BCUT2D eigenvalue weighted by atomic mass is 16.5. The molecule has 0 saturated carbocycles. The number of carbonyl (C=O) groups is 3. The second-order valence-electron chi connectivity index (χ2n) is 14.3. The SMILES string of the molecule is CCC(C)c1ccc([C@H](O)[C@@H](C)NC(=O)[C@H](C)[C@@H](OC)[C@@H]2CCCN2C(=O)C[C@@H](OC)[C@H]([C@@H](C)CC)N(C)C(=O)[C@@H](NC)C(C)C)cc1. The summed E-state index contributed by atoms with van der Waals surface area (Å²) in [4.78, 5) is 44.7. The first-order valence-corrected chi connectivity index (χ1v) is 18.1. The van der Waals surface area contributed by atoms with Crippen molar-refractivity contribution in [2.75, 3.05) is 34.9 Å².